The number of nitrogens with one attached hydrogen (secondary N) is 1. The van der Waals surface area contributed by atoms with E-state index in [0.717, 1.165) is 23.4 Å². The van der Waals surface area contributed by atoms with E-state index < -0.39 is 0 Å². The normalized spacial score (nSPS) is 38.8. The number of thioether (sulfide) groups is 1. The molecule has 1 heterocycles. The Labute approximate surface area is 117 Å². The summed E-state index contributed by atoms with van der Waals surface area (Å²) < 4.78 is 0. The molecule has 2 aliphatic rings. The Morgan fingerprint density at radius 2 is 2.06 bits per heavy atom. The van der Waals surface area contributed by atoms with Crippen LogP contribution in [0.2, 0.25) is 0 Å². The molecule has 0 aromatic heterocycles. The van der Waals surface area contributed by atoms with Crippen molar-refractivity contribution in [3.8, 4) is 0 Å². The SMILES string of the molecule is CCC1CN(C2CCCC(SC)C2)C(CC)CN1. The van der Waals surface area contributed by atoms with Gasteiger partial charge >= 0.3 is 0 Å². The van der Waals surface area contributed by atoms with Crippen LogP contribution in [-0.2, 0) is 0 Å². The number of piperazine rings is 1. The average molecular weight is 270 g/mol. The Kier molecular flexibility index (Phi) is 5.84. The van der Waals surface area contributed by atoms with Gasteiger partial charge in [0.25, 0.3) is 0 Å². The Morgan fingerprint density at radius 3 is 2.72 bits per heavy atom. The van der Waals surface area contributed by atoms with E-state index in [1.165, 1.54) is 51.6 Å². The van der Waals surface area contributed by atoms with Crippen LogP contribution < -0.4 is 5.32 Å². The quantitative estimate of drug-likeness (QED) is 0.845. The summed E-state index contributed by atoms with van der Waals surface area (Å²) in [6.07, 6.45) is 10.6. The second kappa shape index (κ2) is 7.16. The number of hydrogen-bond donors (Lipinski definition) is 1. The molecule has 1 aliphatic carbocycles. The van der Waals surface area contributed by atoms with Crippen LogP contribution in [0.5, 0.6) is 0 Å². The van der Waals surface area contributed by atoms with Crippen molar-refractivity contribution < 1.29 is 0 Å². The molecule has 0 aromatic carbocycles. The van der Waals surface area contributed by atoms with Gasteiger partial charge in [-0.1, -0.05) is 20.3 Å². The molecule has 1 N–H and O–H groups in total. The third-order valence-corrected chi connectivity index (χ3v) is 6.00. The Morgan fingerprint density at radius 1 is 1.22 bits per heavy atom. The second-order valence-corrected chi connectivity index (χ2v) is 7.09. The van der Waals surface area contributed by atoms with E-state index in [1.807, 2.05) is 0 Å². The zero-order valence-corrected chi connectivity index (χ0v) is 13.1. The van der Waals surface area contributed by atoms with Gasteiger partial charge in [-0.15, -0.1) is 0 Å². The van der Waals surface area contributed by atoms with E-state index in [0.29, 0.717) is 0 Å². The minimum Gasteiger partial charge on any atom is -0.311 e. The van der Waals surface area contributed by atoms with Crippen LogP contribution in [0.15, 0.2) is 0 Å². The van der Waals surface area contributed by atoms with Gasteiger partial charge in [-0.25, -0.2) is 0 Å². The van der Waals surface area contributed by atoms with Crippen LogP contribution >= 0.6 is 11.8 Å². The van der Waals surface area contributed by atoms with Crippen molar-refractivity contribution >= 4 is 11.8 Å². The molecule has 2 rings (SSSR count). The van der Waals surface area contributed by atoms with Gasteiger partial charge in [0.2, 0.25) is 0 Å². The van der Waals surface area contributed by atoms with Crippen LogP contribution in [-0.4, -0.2) is 47.6 Å². The summed E-state index contributed by atoms with van der Waals surface area (Å²) in [4.78, 5) is 2.85. The van der Waals surface area contributed by atoms with E-state index in [4.69, 9.17) is 0 Å². The third kappa shape index (κ3) is 3.43. The van der Waals surface area contributed by atoms with Gasteiger partial charge in [0.1, 0.15) is 0 Å². The van der Waals surface area contributed by atoms with E-state index in [1.54, 1.807) is 0 Å². The first-order chi connectivity index (χ1) is 8.78. The smallest absolute Gasteiger partial charge is 0.0221 e. The van der Waals surface area contributed by atoms with Crippen molar-refractivity contribution in [2.45, 2.75) is 75.7 Å². The molecule has 0 aromatic rings. The van der Waals surface area contributed by atoms with Crippen LogP contribution in [0.25, 0.3) is 0 Å². The maximum atomic E-state index is 3.72. The van der Waals surface area contributed by atoms with Gasteiger partial charge in [-0.05, 0) is 38.4 Å². The summed E-state index contributed by atoms with van der Waals surface area (Å²) in [5.41, 5.74) is 0. The van der Waals surface area contributed by atoms with Crippen molar-refractivity contribution in [1.82, 2.24) is 10.2 Å². The van der Waals surface area contributed by atoms with Crippen LogP contribution in [0, 0.1) is 0 Å². The molecule has 18 heavy (non-hydrogen) atoms. The fraction of sp³-hybridized carbons (Fsp3) is 1.00. The van der Waals surface area contributed by atoms with Crippen LogP contribution in [0.1, 0.15) is 52.4 Å². The van der Waals surface area contributed by atoms with E-state index >= 15 is 0 Å². The monoisotopic (exact) mass is 270 g/mol. The lowest BCUT2D eigenvalue weighted by atomic mass is 9.90. The molecule has 3 heteroatoms. The van der Waals surface area contributed by atoms with Gasteiger partial charge in [-0.2, -0.15) is 11.8 Å². The minimum absolute atomic E-state index is 0.724. The molecule has 106 valence electrons. The first-order valence-electron chi connectivity index (χ1n) is 7.80. The Bertz CT molecular complexity index is 247. The molecule has 0 bridgehead atoms. The molecular formula is C15H30N2S. The lowest BCUT2D eigenvalue weighted by molar-refractivity contribution is 0.0600. The average Bonchev–Trinajstić information content (AvgIpc) is 2.46. The highest BCUT2D eigenvalue weighted by atomic mass is 32.2. The number of rotatable bonds is 4. The van der Waals surface area contributed by atoms with Gasteiger partial charge < -0.3 is 5.32 Å². The summed E-state index contributed by atoms with van der Waals surface area (Å²) in [5, 5.41) is 4.63. The van der Waals surface area contributed by atoms with E-state index in [9.17, 15) is 0 Å². The van der Waals surface area contributed by atoms with Gasteiger partial charge in [0, 0.05) is 36.5 Å². The maximum Gasteiger partial charge on any atom is 0.0221 e. The van der Waals surface area contributed by atoms with Crippen LogP contribution in [0.4, 0.5) is 0 Å². The summed E-state index contributed by atoms with van der Waals surface area (Å²) in [7, 11) is 0. The molecule has 2 nitrogen and oxygen atoms in total. The number of hydrogen-bond acceptors (Lipinski definition) is 3. The van der Waals surface area contributed by atoms with Crippen molar-refractivity contribution in [1.29, 1.82) is 0 Å². The molecule has 1 saturated heterocycles. The zero-order chi connectivity index (χ0) is 13.0. The Balaban J connectivity index is 1.98. The van der Waals surface area contributed by atoms with Gasteiger partial charge in [-0.3, -0.25) is 4.90 Å². The molecular weight excluding hydrogens is 240 g/mol. The predicted molar refractivity (Wildman–Crippen MR) is 82.4 cm³/mol. The largest absolute Gasteiger partial charge is 0.311 e. The summed E-state index contributed by atoms with van der Waals surface area (Å²) in [6.45, 7) is 7.14. The fourth-order valence-corrected chi connectivity index (χ4v) is 4.44. The van der Waals surface area contributed by atoms with Crippen molar-refractivity contribution in [3.63, 3.8) is 0 Å². The maximum absolute atomic E-state index is 3.72. The summed E-state index contributed by atoms with van der Waals surface area (Å²) in [6, 6.07) is 2.36. The molecule has 4 atom stereocenters. The van der Waals surface area contributed by atoms with Crippen molar-refractivity contribution in [2.24, 2.45) is 0 Å². The molecule has 0 spiro atoms. The molecule has 0 amide bonds. The molecule has 0 radical (unpaired) electrons. The lowest BCUT2D eigenvalue weighted by Gasteiger charge is -2.46. The van der Waals surface area contributed by atoms with E-state index in [-0.39, 0.29) is 0 Å². The second-order valence-electron chi connectivity index (χ2n) is 5.95. The zero-order valence-electron chi connectivity index (χ0n) is 12.3. The van der Waals surface area contributed by atoms with Crippen molar-refractivity contribution in [3.05, 3.63) is 0 Å². The number of nitrogens with zero attached hydrogens (tertiary/aromatic N) is 1. The predicted octanol–water partition coefficient (Wildman–Crippen LogP) is 3.12. The molecule has 1 aliphatic heterocycles. The lowest BCUT2D eigenvalue weighted by Crippen LogP contribution is -2.59. The van der Waals surface area contributed by atoms with Gasteiger partial charge in [0.15, 0.2) is 0 Å². The highest BCUT2D eigenvalue weighted by Crippen LogP contribution is 2.32. The Hall–Kier alpha value is 0.270. The summed E-state index contributed by atoms with van der Waals surface area (Å²) >= 11 is 2.09. The highest BCUT2D eigenvalue weighted by Gasteiger charge is 2.33. The first kappa shape index (κ1) is 14.7. The third-order valence-electron chi connectivity index (χ3n) is 4.91. The summed E-state index contributed by atoms with van der Waals surface area (Å²) in [5.74, 6) is 0. The van der Waals surface area contributed by atoms with Gasteiger partial charge in [0.05, 0.1) is 0 Å². The molecule has 2 fully saturated rings. The van der Waals surface area contributed by atoms with Crippen LogP contribution in [0.3, 0.4) is 0 Å². The topological polar surface area (TPSA) is 15.3 Å². The minimum atomic E-state index is 0.724. The molecule has 4 unspecified atom stereocenters. The first-order valence-corrected chi connectivity index (χ1v) is 9.09. The highest BCUT2D eigenvalue weighted by molar-refractivity contribution is 7.99. The fourth-order valence-electron chi connectivity index (χ4n) is 3.62. The standard InChI is InChI=1S/C15H30N2S/c1-4-12-11-17(13(5-2)10-16-12)14-7-6-8-15(9-14)18-3/h12-16H,4-11H2,1-3H3. The van der Waals surface area contributed by atoms with E-state index in [2.05, 4.69) is 42.1 Å². The molecule has 1 saturated carbocycles. The van der Waals surface area contributed by atoms with Crippen molar-refractivity contribution in [2.75, 3.05) is 19.3 Å².